The molecule has 178 valence electrons. The molecule has 0 radical (unpaired) electrons. The Morgan fingerprint density at radius 1 is 1.24 bits per heavy atom. The van der Waals surface area contributed by atoms with Gasteiger partial charge in [0.1, 0.15) is 11.9 Å². The van der Waals surface area contributed by atoms with Gasteiger partial charge in [0.15, 0.2) is 0 Å². The Balaban J connectivity index is 2.29. The molecule has 4 atom stereocenters. The molecule has 0 unspecified atom stereocenters. The minimum Gasteiger partial charge on any atom is -0.431 e. The highest BCUT2D eigenvalue weighted by Gasteiger charge is 2.58. The minimum atomic E-state index is -1.16. The first-order valence-electron chi connectivity index (χ1n) is 10.9. The van der Waals surface area contributed by atoms with Crippen LogP contribution in [0.5, 0.6) is 0 Å². The third kappa shape index (κ3) is 5.12. The Kier molecular flexibility index (Phi) is 7.30. The molecule has 0 aliphatic carbocycles. The lowest BCUT2D eigenvalue weighted by Gasteiger charge is -2.40. The van der Waals surface area contributed by atoms with E-state index in [1.807, 2.05) is 19.1 Å². The van der Waals surface area contributed by atoms with Crippen LogP contribution in [0.15, 0.2) is 48.7 Å². The van der Waals surface area contributed by atoms with Crippen LogP contribution in [0.2, 0.25) is 10.0 Å². The van der Waals surface area contributed by atoms with Gasteiger partial charge in [-0.2, -0.15) is 0 Å². The van der Waals surface area contributed by atoms with E-state index in [0.29, 0.717) is 11.4 Å². The maximum Gasteiger partial charge on any atom is 0.328 e. The van der Waals surface area contributed by atoms with Crippen molar-refractivity contribution in [2.45, 2.75) is 64.6 Å². The molecular formula is C26H31Cl2FN2O2. The van der Waals surface area contributed by atoms with E-state index in [1.165, 1.54) is 6.07 Å². The number of benzene rings is 2. The number of nitrogens with two attached hydrogens (primary N) is 1. The number of aryl methyl sites for hydroxylation is 1. The molecule has 1 aliphatic rings. The van der Waals surface area contributed by atoms with Gasteiger partial charge in [0, 0.05) is 17.0 Å². The molecule has 0 aromatic heterocycles. The molecule has 33 heavy (non-hydrogen) atoms. The Labute approximate surface area is 205 Å². The summed E-state index contributed by atoms with van der Waals surface area (Å²) in [6.07, 6.45) is 0.626. The first-order chi connectivity index (χ1) is 15.3. The third-order valence-corrected chi connectivity index (χ3v) is 6.84. The van der Waals surface area contributed by atoms with Crippen LogP contribution in [-0.4, -0.2) is 18.1 Å². The predicted octanol–water partition coefficient (Wildman–Crippen LogP) is 6.23. The average molecular weight is 493 g/mol. The van der Waals surface area contributed by atoms with Crippen molar-refractivity contribution in [2.75, 3.05) is 0 Å². The second-order valence-electron chi connectivity index (χ2n) is 10.1. The van der Waals surface area contributed by atoms with E-state index < -0.39 is 29.3 Å². The zero-order valence-electron chi connectivity index (χ0n) is 19.6. The third-order valence-electron chi connectivity index (χ3n) is 6.13. The largest absolute Gasteiger partial charge is 0.431 e. The van der Waals surface area contributed by atoms with Gasteiger partial charge in [0.05, 0.1) is 16.3 Å². The fourth-order valence-electron chi connectivity index (χ4n) is 4.72. The summed E-state index contributed by atoms with van der Waals surface area (Å²) in [5, 5.41) is 3.96. The van der Waals surface area contributed by atoms with Crippen molar-refractivity contribution in [1.29, 1.82) is 0 Å². The van der Waals surface area contributed by atoms with Gasteiger partial charge >= 0.3 is 5.97 Å². The summed E-state index contributed by atoms with van der Waals surface area (Å²) < 4.78 is 20.8. The van der Waals surface area contributed by atoms with Crippen LogP contribution in [0.3, 0.4) is 0 Å². The number of carbonyl (C=O) groups is 1. The number of nitrogens with one attached hydrogen (secondary N) is 1. The number of hydrogen-bond acceptors (Lipinski definition) is 4. The molecule has 2 aromatic rings. The minimum absolute atomic E-state index is 0.0339. The van der Waals surface area contributed by atoms with Gasteiger partial charge in [-0.25, -0.2) is 9.18 Å². The van der Waals surface area contributed by atoms with E-state index >= 15 is 4.39 Å². The first kappa shape index (κ1) is 25.7. The summed E-state index contributed by atoms with van der Waals surface area (Å²) >= 11 is 12.4. The van der Waals surface area contributed by atoms with Gasteiger partial charge in [0.2, 0.25) is 0 Å². The zero-order chi connectivity index (χ0) is 24.7. The van der Waals surface area contributed by atoms with Gasteiger partial charge in [-0.1, -0.05) is 74.8 Å². The summed E-state index contributed by atoms with van der Waals surface area (Å²) in [5.74, 6) is -1.72. The molecule has 0 amide bonds. The highest BCUT2D eigenvalue weighted by Crippen LogP contribution is 2.49. The van der Waals surface area contributed by atoms with Crippen molar-refractivity contribution in [1.82, 2.24) is 5.32 Å². The van der Waals surface area contributed by atoms with Crippen LogP contribution in [0.1, 0.15) is 56.7 Å². The summed E-state index contributed by atoms with van der Waals surface area (Å²) in [6, 6.07) is 9.00. The topological polar surface area (TPSA) is 64.3 Å². The van der Waals surface area contributed by atoms with Gasteiger partial charge in [-0.05, 0) is 54.5 Å². The van der Waals surface area contributed by atoms with Crippen LogP contribution in [0.4, 0.5) is 4.39 Å². The lowest BCUT2D eigenvalue weighted by molar-refractivity contribution is -0.142. The number of esters is 1. The number of ether oxygens (including phenoxy) is 1. The van der Waals surface area contributed by atoms with E-state index in [9.17, 15) is 4.79 Å². The fraction of sp³-hybridized carbons (Fsp3) is 0.423. The zero-order valence-corrected chi connectivity index (χ0v) is 21.1. The molecule has 7 heteroatoms. The second-order valence-corrected chi connectivity index (χ2v) is 10.9. The summed E-state index contributed by atoms with van der Waals surface area (Å²) in [6.45, 7) is 13.4. The number of rotatable bonds is 5. The highest BCUT2D eigenvalue weighted by molar-refractivity contribution is 6.31. The lowest BCUT2D eigenvalue weighted by Crippen LogP contribution is -2.52. The van der Waals surface area contributed by atoms with Gasteiger partial charge < -0.3 is 10.5 Å². The monoisotopic (exact) mass is 492 g/mol. The van der Waals surface area contributed by atoms with Crippen molar-refractivity contribution in [3.63, 3.8) is 0 Å². The van der Waals surface area contributed by atoms with Gasteiger partial charge in [-0.15, -0.1) is 0 Å². The van der Waals surface area contributed by atoms with E-state index in [1.54, 1.807) is 25.1 Å². The predicted molar refractivity (Wildman–Crippen MR) is 132 cm³/mol. The smallest absolute Gasteiger partial charge is 0.328 e. The van der Waals surface area contributed by atoms with Crippen LogP contribution >= 0.6 is 23.2 Å². The van der Waals surface area contributed by atoms with Crippen molar-refractivity contribution in [3.8, 4) is 0 Å². The Morgan fingerprint density at radius 3 is 2.48 bits per heavy atom. The number of halogens is 3. The average Bonchev–Trinajstić information content (AvgIpc) is 2.97. The van der Waals surface area contributed by atoms with E-state index in [2.05, 4.69) is 32.7 Å². The molecule has 1 heterocycles. The van der Waals surface area contributed by atoms with Gasteiger partial charge in [-0.3, -0.25) is 5.32 Å². The quantitative estimate of drug-likeness (QED) is 0.383. The number of hydrogen-bond donors (Lipinski definition) is 2. The Morgan fingerprint density at radius 2 is 1.91 bits per heavy atom. The summed E-state index contributed by atoms with van der Waals surface area (Å²) in [5.41, 5.74) is 7.81. The highest BCUT2D eigenvalue weighted by atomic mass is 35.5. The molecule has 3 rings (SSSR count). The summed E-state index contributed by atoms with van der Waals surface area (Å²) in [4.78, 5) is 13.2. The lowest BCUT2D eigenvalue weighted by atomic mass is 9.68. The van der Waals surface area contributed by atoms with Gasteiger partial charge in [0.25, 0.3) is 0 Å². The van der Waals surface area contributed by atoms with Crippen LogP contribution in [0, 0.1) is 18.2 Å². The van der Waals surface area contributed by atoms with Crippen LogP contribution in [-0.2, 0) is 15.1 Å². The second kappa shape index (κ2) is 9.38. The molecular weight excluding hydrogens is 462 g/mol. The molecule has 1 fully saturated rings. The van der Waals surface area contributed by atoms with Crippen LogP contribution in [0.25, 0.3) is 0 Å². The van der Waals surface area contributed by atoms with Crippen molar-refractivity contribution in [3.05, 3.63) is 81.3 Å². The SMILES string of the molecule is C=C(C)OC(=O)[C@@H]1N[C@@H](CC(C)(C)C)[C@](N)(c2ccc(Cl)c(C)c2)[C@H]1c1cccc(Cl)c1F. The van der Waals surface area contributed by atoms with Crippen molar-refractivity contribution in [2.24, 2.45) is 11.1 Å². The molecule has 3 N–H and O–H groups in total. The van der Waals surface area contributed by atoms with Crippen molar-refractivity contribution < 1.29 is 13.9 Å². The van der Waals surface area contributed by atoms with E-state index in [4.69, 9.17) is 33.7 Å². The molecule has 4 nitrogen and oxygen atoms in total. The van der Waals surface area contributed by atoms with E-state index in [-0.39, 0.29) is 27.8 Å². The maximum absolute atomic E-state index is 15.4. The first-order valence-corrected chi connectivity index (χ1v) is 11.6. The molecule has 1 saturated heterocycles. The van der Waals surface area contributed by atoms with E-state index in [0.717, 1.165) is 11.1 Å². The Bertz CT molecular complexity index is 1080. The summed E-state index contributed by atoms with van der Waals surface area (Å²) in [7, 11) is 0. The molecule has 0 spiro atoms. The molecule has 2 aromatic carbocycles. The number of carbonyl (C=O) groups excluding carboxylic acids is 1. The van der Waals surface area contributed by atoms with Crippen LogP contribution < -0.4 is 11.1 Å². The normalized spacial score (nSPS) is 25.2. The Hall–Kier alpha value is -1.92. The number of allylic oxidation sites excluding steroid dienone is 1. The maximum atomic E-state index is 15.4. The van der Waals surface area contributed by atoms with Crippen molar-refractivity contribution >= 4 is 29.2 Å². The fourth-order valence-corrected chi connectivity index (χ4v) is 5.01. The molecule has 0 bridgehead atoms. The molecule has 1 aliphatic heterocycles. The standard InChI is InChI=1S/C26H31Cl2FN2O2/c1-14(2)33-24(32)23-21(17-8-7-9-19(28)22(17)29)26(30,20(31-23)13-25(4,5)6)16-10-11-18(27)15(3)12-16/h7-12,20-21,23,31H,1,13,30H2,2-6H3/t20-,21-,23+,26+/m0/s1. The molecule has 0 saturated carbocycles.